The van der Waals surface area contributed by atoms with Crippen LogP contribution in [0.25, 0.3) is 0 Å². The fourth-order valence-corrected chi connectivity index (χ4v) is 8.49. The van der Waals surface area contributed by atoms with Crippen LogP contribution in [0, 0.1) is 17.8 Å². The van der Waals surface area contributed by atoms with E-state index < -0.39 is 31.6 Å². The van der Waals surface area contributed by atoms with Crippen LogP contribution in [0.15, 0.2) is 36.4 Å². The van der Waals surface area contributed by atoms with E-state index in [1.54, 1.807) is 12.1 Å². The van der Waals surface area contributed by atoms with E-state index in [1.807, 2.05) is 11.8 Å². The van der Waals surface area contributed by atoms with Gasteiger partial charge in [-0.1, -0.05) is 23.2 Å². The molecule has 306 valence electrons. The van der Waals surface area contributed by atoms with E-state index in [0.717, 1.165) is 49.6 Å². The lowest BCUT2D eigenvalue weighted by molar-refractivity contribution is 0.0686. The van der Waals surface area contributed by atoms with E-state index in [1.165, 1.54) is 82.8 Å². The molecule has 0 aromatic carbocycles. The standard InChI is InChI=1S/C15H20N2O4S.C8H8ClNO4S.C8H8ClNO.C7H13N/c1-22(20,21)10-11-2-3-12(14(18)19)13(16-11)17-8-6-15(4-5-15)7-9-17;1-15(13,14)4-5-2-3-6(8(11)12)7(9)10-5;1-5-3-4-7(6(2)11)8(9)10-5;1-2-7(1)3-5-8-6-4-7/h2-3H,4-10H2,1H3,(H,18,19);2-3H,4H2,1H3,(H,11,12);3-4H,1-2H3;8H,1-6H2. The van der Waals surface area contributed by atoms with E-state index in [0.29, 0.717) is 22.5 Å². The van der Waals surface area contributed by atoms with Gasteiger partial charge >= 0.3 is 11.9 Å². The Hall–Kier alpha value is -3.70. The summed E-state index contributed by atoms with van der Waals surface area (Å²) in [4.78, 5) is 46.8. The molecule has 18 heteroatoms. The second-order valence-corrected chi connectivity index (χ2v) is 20.1. The molecule has 4 fully saturated rings. The largest absolute Gasteiger partial charge is 0.478 e. The molecule has 0 unspecified atom stereocenters. The first-order valence-electron chi connectivity index (χ1n) is 18.2. The number of hydrogen-bond donors (Lipinski definition) is 3. The number of carboxylic acid groups (broad SMARTS) is 2. The second kappa shape index (κ2) is 18.7. The number of rotatable bonds is 8. The highest BCUT2D eigenvalue weighted by atomic mass is 35.5. The van der Waals surface area contributed by atoms with Crippen LogP contribution in [0.1, 0.15) is 106 Å². The minimum Gasteiger partial charge on any atom is -0.478 e. The highest BCUT2D eigenvalue weighted by Gasteiger charge is 2.45. The third kappa shape index (κ3) is 14.0. The fourth-order valence-electron chi connectivity index (χ4n) is 6.52. The Labute approximate surface area is 338 Å². The number of piperidine rings is 2. The summed E-state index contributed by atoms with van der Waals surface area (Å²) in [5, 5.41) is 21.5. The number of carbonyl (C=O) groups excluding carboxylic acids is 1. The molecule has 0 radical (unpaired) electrons. The highest BCUT2D eigenvalue weighted by Crippen LogP contribution is 2.54. The molecule has 56 heavy (non-hydrogen) atoms. The Morgan fingerprint density at radius 3 is 1.54 bits per heavy atom. The first-order chi connectivity index (χ1) is 26.1. The number of halogens is 2. The van der Waals surface area contributed by atoms with Crippen LogP contribution in [-0.4, -0.2) is 98.4 Å². The van der Waals surface area contributed by atoms with Crippen LogP contribution in [0.4, 0.5) is 5.82 Å². The number of anilines is 1. The van der Waals surface area contributed by atoms with Crippen molar-refractivity contribution in [3.05, 3.63) is 80.5 Å². The topological polar surface area (TPSA) is 214 Å². The van der Waals surface area contributed by atoms with Gasteiger partial charge in [0.15, 0.2) is 25.5 Å². The zero-order valence-corrected chi connectivity index (χ0v) is 35.1. The summed E-state index contributed by atoms with van der Waals surface area (Å²) in [5.41, 5.74) is 3.28. The molecule has 2 aliphatic carbocycles. The lowest BCUT2D eigenvalue weighted by Crippen LogP contribution is -2.36. The predicted octanol–water partition coefficient (Wildman–Crippen LogP) is 6.08. The molecular weight excluding hydrogens is 805 g/mol. The van der Waals surface area contributed by atoms with Gasteiger partial charge in [-0.2, -0.15) is 0 Å². The number of carbonyl (C=O) groups is 3. The number of hydrogen-bond acceptors (Lipinski definition) is 12. The number of nitrogens with zero attached hydrogens (tertiary/aromatic N) is 4. The van der Waals surface area contributed by atoms with E-state index >= 15 is 0 Å². The number of nitrogens with one attached hydrogen (secondary N) is 1. The van der Waals surface area contributed by atoms with Crippen molar-refractivity contribution < 1.29 is 41.4 Å². The first-order valence-corrected chi connectivity index (χ1v) is 23.0. The van der Waals surface area contributed by atoms with Crippen molar-refractivity contribution in [3.63, 3.8) is 0 Å². The van der Waals surface area contributed by atoms with Crippen molar-refractivity contribution in [2.75, 3.05) is 43.6 Å². The minimum atomic E-state index is -3.20. The maximum atomic E-state index is 11.4. The summed E-state index contributed by atoms with van der Waals surface area (Å²) in [6.07, 6.45) is 12.8. The summed E-state index contributed by atoms with van der Waals surface area (Å²) in [7, 11) is -6.39. The number of aryl methyl sites for hydroxylation is 1. The zero-order valence-electron chi connectivity index (χ0n) is 32.0. The maximum Gasteiger partial charge on any atom is 0.339 e. The van der Waals surface area contributed by atoms with Gasteiger partial charge in [-0.05, 0) is 126 Å². The first kappa shape index (κ1) is 45.0. The lowest BCUT2D eigenvalue weighted by Gasteiger charge is -2.33. The molecule has 0 atom stereocenters. The number of sulfone groups is 2. The van der Waals surface area contributed by atoms with Gasteiger partial charge in [0.25, 0.3) is 0 Å². The number of aromatic nitrogens is 3. The van der Waals surface area contributed by atoms with Crippen LogP contribution in [-0.2, 0) is 31.2 Å². The summed E-state index contributed by atoms with van der Waals surface area (Å²) in [6.45, 7) is 7.43. The van der Waals surface area contributed by atoms with Gasteiger partial charge in [0, 0.05) is 31.3 Å². The molecule has 0 bridgehead atoms. The fraction of sp³-hybridized carbons (Fsp3) is 0.526. The van der Waals surface area contributed by atoms with Crippen molar-refractivity contribution in [2.45, 2.75) is 76.7 Å². The van der Waals surface area contributed by atoms with Crippen LogP contribution in [0.3, 0.4) is 0 Å². The van der Waals surface area contributed by atoms with Gasteiger partial charge in [0.1, 0.15) is 21.7 Å². The van der Waals surface area contributed by atoms with Gasteiger partial charge < -0.3 is 20.4 Å². The molecule has 5 heterocycles. The monoisotopic (exact) mass is 853 g/mol. The molecule has 2 spiro atoms. The third-order valence-electron chi connectivity index (χ3n) is 10.2. The van der Waals surface area contributed by atoms with Gasteiger partial charge in [-0.25, -0.2) is 41.4 Å². The highest BCUT2D eigenvalue weighted by molar-refractivity contribution is 7.90. The van der Waals surface area contributed by atoms with Crippen molar-refractivity contribution in [3.8, 4) is 0 Å². The molecule has 3 aromatic rings. The quantitative estimate of drug-likeness (QED) is 0.173. The lowest BCUT2D eigenvalue weighted by atomic mass is 9.93. The van der Waals surface area contributed by atoms with Crippen LogP contribution >= 0.6 is 23.2 Å². The molecule has 7 rings (SSSR count). The molecule has 2 saturated carbocycles. The van der Waals surface area contributed by atoms with Gasteiger partial charge in [-0.3, -0.25) is 4.79 Å². The number of pyridine rings is 3. The zero-order chi connectivity index (χ0) is 41.5. The number of aromatic carboxylic acids is 2. The van der Waals surface area contributed by atoms with Gasteiger partial charge in [-0.15, -0.1) is 0 Å². The van der Waals surface area contributed by atoms with E-state index in [4.69, 9.17) is 28.3 Å². The van der Waals surface area contributed by atoms with Crippen LogP contribution < -0.4 is 10.2 Å². The van der Waals surface area contributed by atoms with Crippen molar-refractivity contribution in [1.82, 2.24) is 20.3 Å². The molecule has 0 amide bonds. The predicted molar refractivity (Wildman–Crippen MR) is 215 cm³/mol. The molecule has 3 N–H and O–H groups in total. The smallest absolute Gasteiger partial charge is 0.339 e. The second-order valence-electron chi connectivity index (χ2n) is 15.1. The Kier molecular flexibility index (Phi) is 15.0. The summed E-state index contributed by atoms with van der Waals surface area (Å²) < 4.78 is 44.7. The van der Waals surface area contributed by atoms with E-state index in [2.05, 4.69) is 20.3 Å². The number of ketones is 1. The van der Waals surface area contributed by atoms with E-state index in [9.17, 15) is 36.3 Å². The van der Waals surface area contributed by atoms with Crippen molar-refractivity contribution in [2.24, 2.45) is 10.8 Å². The van der Waals surface area contributed by atoms with Crippen LogP contribution in [0.5, 0.6) is 0 Å². The normalized spacial score (nSPS) is 17.6. The van der Waals surface area contributed by atoms with Crippen LogP contribution in [0.2, 0.25) is 10.3 Å². The maximum absolute atomic E-state index is 11.4. The van der Waals surface area contributed by atoms with E-state index in [-0.39, 0.29) is 44.4 Å². The Morgan fingerprint density at radius 1 is 0.679 bits per heavy atom. The third-order valence-corrected chi connectivity index (χ3v) is 12.4. The summed E-state index contributed by atoms with van der Waals surface area (Å²) >= 11 is 11.3. The summed E-state index contributed by atoms with van der Waals surface area (Å²) in [6, 6.07) is 8.97. The minimum absolute atomic E-state index is 0.0532. The average molecular weight is 855 g/mol. The van der Waals surface area contributed by atoms with Gasteiger partial charge in [0.05, 0.1) is 34.0 Å². The number of Topliss-reactive ketones (excluding diaryl/α,β-unsaturated/α-hetero) is 1. The molecule has 2 aliphatic heterocycles. The summed E-state index contributed by atoms with van der Waals surface area (Å²) in [5.74, 6) is -2.30. The average Bonchev–Trinajstić information content (AvgIpc) is 4.03. The Balaban J connectivity index is 0.000000177. The van der Waals surface area contributed by atoms with Gasteiger partial charge in [0.2, 0.25) is 0 Å². The molecular formula is C38H49Cl2N5O9S2. The molecule has 14 nitrogen and oxygen atoms in total. The molecule has 4 aliphatic rings. The SMILES string of the molecule is C1CC2(CCN1)CC2.CC(=O)c1ccc(C)nc1Cl.CS(=O)(=O)Cc1ccc(C(=O)O)c(Cl)n1.CS(=O)(=O)Cc1ccc(C(=O)O)c(N2CCC3(CC2)CC3)n1. The molecule has 3 aromatic heterocycles. The Bertz CT molecular complexity index is 2140. The Morgan fingerprint density at radius 2 is 1.12 bits per heavy atom. The van der Waals surface area contributed by atoms with Crippen molar-refractivity contribution in [1.29, 1.82) is 0 Å². The molecule has 2 saturated heterocycles. The van der Waals surface area contributed by atoms with Crippen molar-refractivity contribution >= 4 is 66.4 Å². The number of carboxylic acids is 2.